The summed E-state index contributed by atoms with van der Waals surface area (Å²) in [7, 11) is -3.16. The highest BCUT2D eigenvalue weighted by atomic mass is 32.2. The standard InChI is InChI=1S/C12H26N2O3S/c1-11(2)5-9-17-10-8-14-18(15,16)12-3-6-13-7-4-12/h11-14H,3-10H2,1-2H3. The predicted molar refractivity (Wildman–Crippen MR) is 73.1 cm³/mol. The van der Waals surface area contributed by atoms with E-state index in [1.54, 1.807) is 0 Å². The first-order valence-electron chi connectivity index (χ1n) is 6.79. The summed E-state index contributed by atoms with van der Waals surface area (Å²) in [6.07, 6.45) is 2.41. The Morgan fingerprint density at radius 3 is 2.56 bits per heavy atom. The lowest BCUT2D eigenvalue weighted by molar-refractivity contribution is 0.128. The quantitative estimate of drug-likeness (QED) is 0.642. The first-order valence-corrected chi connectivity index (χ1v) is 8.34. The molecule has 6 heteroatoms. The van der Waals surface area contributed by atoms with Crippen molar-refractivity contribution in [2.24, 2.45) is 5.92 Å². The van der Waals surface area contributed by atoms with E-state index in [0.717, 1.165) is 19.5 Å². The van der Waals surface area contributed by atoms with Crippen molar-refractivity contribution in [3.63, 3.8) is 0 Å². The lowest BCUT2D eigenvalue weighted by Gasteiger charge is -2.22. The molecule has 1 aliphatic heterocycles. The number of hydrogen-bond acceptors (Lipinski definition) is 4. The van der Waals surface area contributed by atoms with Crippen molar-refractivity contribution in [2.45, 2.75) is 38.4 Å². The minimum absolute atomic E-state index is 0.241. The Morgan fingerprint density at radius 2 is 1.94 bits per heavy atom. The number of rotatable bonds is 8. The van der Waals surface area contributed by atoms with E-state index in [1.165, 1.54) is 0 Å². The van der Waals surface area contributed by atoms with Crippen LogP contribution in [0.15, 0.2) is 0 Å². The Balaban J connectivity index is 2.13. The van der Waals surface area contributed by atoms with E-state index in [1.807, 2.05) is 0 Å². The molecule has 0 aromatic carbocycles. The molecule has 0 saturated carbocycles. The molecule has 0 aromatic heterocycles. The van der Waals surface area contributed by atoms with E-state index < -0.39 is 10.0 Å². The highest BCUT2D eigenvalue weighted by Crippen LogP contribution is 2.11. The van der Waals surface area contributed by atoms with Crippen molar-refractivity contribution >= 4 is 10.0 Å². The van der Waals surface area contributed by atoms with Crippen molar-refractivity contribution < 1.29 is 13.2 Å². The van der Waals surface area contributed by atoms with Crippen LogP contribution in [0.3, 0.4) is 0 Å². The van der Waals surface area contributed by atoms with Gasteiger partial charge in [-0.2, -0.15) is 0 Å². The molecule has 0 atom stereocenters. The summed E-state index contributed by atoms with van der Waals surface area (Å²) in [5, 5.41) is 2.92. The number of piperidine rings is 1. The number of ether oxygens (including phenoxy) is 1. The van der Waals surface area contributed by atoms with Crippen LogP contribution in [0.4, 0.5) is 0 Å². The molecule has 0 bridgehead atoms. The smallest absolute Gasteiger partial charge is 0.214 e. The van der Waals surface area contributed by atoms with E-state index >= 15 is 0 Å². The molecule has 2 N–H and O–H groups in total. The molecule has 0 unspecified atom stereocenters. The highest BCUT2D eigenvalue weighted by Gasteiger charge is 2.26. The molecule has 0 aliphatic carbocycles. The van der Waals surface area contributed by atoms with Gasteiger partial charge in [0.15, 0.2) is 0 Å². The molecule has 1 heterocycles. The van der Waals surface area contributed by atoms with E-state index in [0.29, 0.717) is 38.5 Å². The van der Waals surface area contributed by atoms with Gasteiger partial charge in [0.05, 0.1) is 11.9 Å². The van der Waals surface area contributed by atoms with Gasteiger partial charge in [-0.15, -0.1) is 0 Å². The zero-order chi connectivity index (χ0) is 13.4. The maximum absolute atomic E-state index is 11.9. The van der Waals surface area contributed by atoms with Gasteiger partial charge in [0.25, 0.3) is 0 Å². The molecule has 1 saturated heterocycles. The molecular weight excluding hydrogens is 252 g/mol. The zero-order valence-electron chi connectivity index (χ0n) is 11.4. The Bertz CT molecular complexity index is 311. The highest BCUT2D eigenvalue weighted by molar-refractivity contribution is 7.90. The fourth-order valence-corrected chi connectivity index (χ4v) is 3.36. The number of sulfonamides is 1. The molecular formula is C12H26N2O3S. The predicted octanol–water partition coefficient (Wildman–Crippen LogP) is 0.721. The van der Waals surface area contributed by atoms with E-state index in [-0.39, 0.29) is 5.25 Å². The Morgan fingerprint density at radius 1 is 1.28 bits per heavy atom. The molecule has 1 fully saturated rings. The van der Waals surface area contributed by atoms with Crippen LogP contribution in [0.25, 0.3) is 0 Å². The van der Waals surface area contributed by atoms with Crippen LogP contribution in [-0.2, 0) is 14.8 Å². The normalized spacial score (nSPS) is 18.4. The van der Waals surface area contributed by atoms with Crippen LogP contribution in [0.5, 0.6) is 0 Å². The van der Waals surface area contributed by atoms with Crippen LogP contribution in [0.1, 0.15) is 33.1 Å². The van der Waals surface area contributed by atoms with Gasteiger partial charge in [-0.1, -0.05) is 13.8 Å². The van der Waals surface area contributed by atoms with Crippen molar-refractivity contribution in [1.82, 2.24) is 10.0 Å². The number of nitrogens with one attached hydrogen (secondary N) is 2. The maximum Gasteiger partial charge on any atom is 0.214 e. The van der Waals surface area contributed by atoms with Gasteiger partial charge >= 0.3 is 0 Å². The summed E-state index contributed by atoms with van der Waals surface area (Å²) >= 11 is 0. The fourth-order valence-electron chi connectivity index (χ4n) is 1.90. The second-order valence-electron chi connectivity index (χ2n) is 5.18. The lowest BCUT2D eigenvalue weighted by Crippen LogP contribution is -2.42. The summed E-state index contributed by atoms with van der Waals surface area (Å²) in [6, 6.07) is 0. The second-order valence-corrected chi connectivity index (χ2v) is 7.23. The first-order chi connectivity index (χ1) is 8.52. The third-order valence-corrected chi connectivity index (χ3v) is 5.07. The second kappa shape index (κ2) is 8.09. The summed E-state index contributed by atoms with van der Waals surface area (Å²) in [5.41, 5.74) is 0. The Kier molecular flexibility index (Phi) is 7.14. The molecule has 0 spiro atoms. The SMILES string of the molecule is CC(C)CCOCCNS(=O)(=O)C1CCNCC1. The largest absolute Gasteiger partial charge is 0.380 e. The minimum Gasteiger partial charge on any atom is -0.380 e. The Labute approximate surface area is 111 Å². The van der Waals surface area contributed by atoms with Gasteiger partial charge in [0, 0.05) is 13.2 Å². The topological polar surface area (TPSA) is 67.4 Å². The van der Waals surface area contributed by atoms with Gasteiger partial charge in [-0.05, 0) is 38.3 Å². The maximum atomic E-state index is 11.9. The van der Waals surface area contributed by atoms with E-state index in [9.17, 15) is 8.42 Å². The van der Waals surface area contributed by atoms with Crippen LogP contribution in [0.2, 0.25) is 0 Å². The summed E-state index contributed by atoms with van der Waals surface area (Å²) < 4.78 is 31.9. The van der Waals surface area contributed by atoms with Gasteiger partial charge < -0.3 is 10.1 Å². The summed E-state index contributed by atoms with van der Waals surface area (Å²) in [5.74, 6) is 0.622. The van der Waals surface area contributed by atoms with E-state index in [2.05, 4.69) is 23.9 Å². The van der Waals surface area contributed by atoms with Gasteiger partial charge in [-0.25, -0.2) is 13.1 Å². The van der Waals surface area contributed by atoms with Crippen molar-refractivity contribution in [2.75, 3.05) is 32.8 Å². The molecule has 1 rings (SSSR count). The third-order valence-electron chi connectivity index (χ3n) is 3.11. The molecule has 0 aromatic rings. The minimum atomic E-state index is -3.16. The van der Waals surface area contributed by atoms with Crippen molar-refractivity contribution in [3.8, 4) is 0 Å². The average molecular weight is 278 g/mol. The lowest BCUT2D eigenvalue weighted by atomic mass is 10.1. The van der Waals surface area contributed by atoms with Crippen LogP contribution >= 0.6 is 0 Å². The van der Waals surface area contributed by atoms with E-state index in [4.69, 9.17) is 4.74 Å². The average Bonchev–Trinajstić information content (AvgIpc) is 2.34. The summed E-state index contributed by atoms with van der Waals surface area (Å²) in [6.45, 7) is 7.40. The molecule has 18 heavy (non-hydrogen) atoms. The first kappa shape index (κ1) is 15.9. The van der Waals surface area contributed by atoms with Gasteiger partial charge in [-0.3, -0.25) is 0 Å². The van der Waals surface area contributed by atoms with Gasteiger partial charge in [0.2, 0.25) is 10.0 Å². The molecule has 0 amide bonds. The van der Waals surface area contributed by atoms with Crippen molar-refractivity contribution in [1.29, 1.82) is 0 Å². The van der Waals surface area contributed by atoms with Crippen LogP contribution < -0.4 is 10.0 Å². The monoisotopic (exact) mass is 278 g/mol. The van der Waals surface area contributed by atoms with Gasteiger partial charge in [0.1, 0.15) is 0 Å². The molecule has 5 nitrogen and oxygen atoms in total. The fraction of sp³-hybridized carbons (Fsp3) is 1.00. The zero-order valence-corrected chi connectivity index (χ0v) is 12.3. The molecule has 1 aliphatic rings. The van der Waals surface area contributed by atoms with Crippen LogP contribution in [-0.4, -0.2) is 46.5 Å². The van der Waals surface area contributed by atoms with Crippen molar-refractivity contribution in [3.05, 3.63) is 0 Å². The third kappa shape index (κ3) is 6.13. The molecule has 0 radical (unpaired) electrons. The van der Waals surface area contributed by atoms with Crippen LogP contribution in [0, 0.1) is 5.92 Å². The Hall–Kier alpha value is -0.170. The number of hydrogen-bond donors (Lipinski definition) is 2. The summed E-state index contributed by atoms with van der Waals surface area (Å²) in [4.78, 5) is 0. The molecule has 108 valence electrons.